The van der Waals surface area contributed by atoms with Gasteiger partial charge < -0.3 is 20.1 Å². The molecule has 29 heavy (non-hydrogen) atoms. The summed E-state index contributed by atoms with van der Waals surface area (Å²) in [4.78, 5) is 18.6. The highest BCUT2D eigenvalue weighted by atomic mass is 16.1. The number of guanidine groups is 1. The molecule has 0 aliphatic rings. The van der Waals surface area contributed by atoms with E-state index in [1.807, 2.05) is 29.7 Å². The maximum atomic E-state index is 11.9. The van der Waals surface area contributed by atoms with E-state index in [0.717, 1.165) is 63.6 Å². The van der Waals surface area contributed by atoms with Crippen LogP contribution in [0.15, 0.2) is 58.3 Å². The molecule has 6 heteroatoms. The van der Waals surface area contributed by atoms with Crippen LogP contribution < -0.4 is 21.1 Å². The van der Waals surface area contributed by atoms with Gasteiger partial charge in [0.25, 0.3) is 5.56 Å². The molecule has 0 bridgehead atoms. The minimum Gasteiger partial charge on any atom is -0.372 e. The van der Waals surface area contributed by atoms with Crippen LogP contribution in [0.2, 0.25) is 0 Å². The van der Waals surface area contributed by atoms with Crippen LogP contribution in [0.4, 0.5) is 5.69 Å². The molecule has 2 rings (SSSR count). The number of para-hydroxylation sites is 1. The third kappa shape index (κ3) is 7.64. The van der Waals surface area contributed by atoms with Crippen molar-refractivity contribution in [2.75, 3.05) is 38.1 Å². The number of pyridine rings is 1. The summed E-state index contributed by atoms with van der Waals surface area (Å²) in [5, 5.41) is 6.74. The van der Waals surface area contributed by atoms with Crippen LogP contribution in [0, 0.1) is 6.92 Å². The highest BCUT2D eigenvalue weighted by Gasteiger charge is 2.04. The lowest BCUT2D eigenvalue weighted by Gasteiger charge is -2.23. The number of unbranched alkanes of at least 4 members (excludes halogenated alkanes) is 1. The Kier molecular flexibility index (Phi) is 9.83. The average Bonchev–Trinajstić information content (AvgIpc) is 2.74. The Morgan fingerprint density at radius 3 is 2.38 bits per heavy atom. The van der Waals surface area contributed by atoms with E-state index in [-0.39, 0.29) is 5.56 Å². The average molecular weight is 398 g/mol. The van der Waals surface area contributed by atoms with Crippen LogP contribution in [0.25, 0.3) is 0 Å². The molecule has 0 aliphatic heterocycles. The Morgan fingerprint density at radius 2 is 1.72 bits per heavy atom. The number of aliphatic imine (C=N–C) groups is 1. The number of rotatable bonds is 11. The number of aromatic nitrogens is 1. The molecule has 158 valence electrons. The van der Waals surface area contributed by atoms with Crippen molar-refractivity contribution in [1.82, 2.24) is 15.2 Å². The number of benzene rings is 1. The summed E-state index contributed by atoms with van der Waals surface area (Å²) in [5.74, 6) is 0.834. The number of aryl methyl sites for hydroxylation is 1. The summed E-state index contributed by atoms with van der Waals surface area (Å²) < 4.78 is 1.83. The van der Waals surface area contributed by atoms with Crippen LogP contribution in [-0.4, -0.2) is 43.8 Å². The largest absolute Gasteiger partial charge is 0.372 e. The Balaban J connectivity index is 1.62. The van der Waals surface area contributed by atoms with E-state index in [2.05, 4.69) is 51.7 Å². The van der Waals surface area contributed by atoms with Gasteiger partial charge in [0, 0.05) is 57.2 Å². The smallest absolute Gasteiger partial charge is 0.250 e. The molecule has 0 amide bonds. The Labute approximate surface area is 174 Å². The van der Waals surface area contributed by atoms with Crippen molar-refractivity contribution in [2.24, 2.45) is 4.99 Å². The molecular formula is C23H35N5O. The number of anilines is 1. The summed E-state index contributed by atoms with van der Waals surface area (Å²) in [7, 11) is 1.80. The lowest BCUT2D eigenvalue weighted by atomic mass is 10.2. The second kappa shape index (κ2) is 12.6. The van der Waals surface area contributed by atoms with Crippen molar-refractivity contribution in [3.8, 4) is 0 Å². The lowest BCUT2D eigenvalue weighted by molar-refractivity contribution is 0.574. The fourth-order valence-electron chi connectivity index (χ4n) is 3.32. The summed E-state index contributed by atoms with van der Waals surface area (Å²) in [6.07, 6.45) is 2.98. The zero-order valence-corrected chi connectivity index (χ0v) is 18.0. The molecule has 1 aromatic heterocycles. The van der Waals surface area contributed by atoms with Gasteiger partial charge in [-0.1, -0.05) is 24.3 Å². The SMILES string of the molecule is CCN(CCCNC(=NC)NCCCCn1c(C)cccc1=O)c1ccccc1. The molecule has 0 spiro atoms. The molecule has 0 atom stereocenters. The first kappa shape index (κ1) is 22.5. The molecule has 0 unspecified atom stereocenters. The fraction of sp³-hybridized carbons (Fsp3) is 0.478. The second-order valence-electron chi connectivity index (χ2n) is 7.06. The van der Waals surface area contributed by atoms with Crippen molar-refractivity contribution in [1.29, 1.82) is 0 Å². The predicted molar refractivity (Wildman–Crippen MR) is 123 cm³/mol. The Hall–Kier alpha value is -2.76. The predicted octanol–water partition coefficient (Wildman–Crippen LogP) is 3.02. The summed E-state index contributed by atoms with van der Waals surface area (Å²) in [6.45, 7) is 8.64. The maximum absolute atomic E-state index is 11.9. The molecule has 0 saturated heterocycles. The van der Waals surface area contributed by atoms with Gasteiger partial charge in [0.05, 0.1) is 0 Å². The monoisotopic (exact) mass is 397 g/mol. The lowest BCUT2D eigenvalue weighted by Crippen LogP contribution is -2.39. The quantitative estimate of drug-likeness (QED) is 0.348. The summed E-state index contributed by atoms with van der Waals surface area (Å²) >= 11 is 0. The normalized spacial score (nSPS) is 11.3. The van der Waals surface area contributed by atoms with Gasteiger partial charge in [0.15, 0.2) is 5.96 Å². The molecule has 0 aliphatic carbocycles. The number of hydrogen-bond acceptors (Lipinski definition) is 3. The van der Waals surface area contributed by atoms with Crippen LogP contribution in [-0.2, 0) is 6.54 Å². The van der Waals surface area contributed by atoms with Crippen LogP contribution in [0.5, 0.6) is 0 Å². The first-order chi connectivity index (χ1) is 14.2. The number of nitrogens with zero attached hydrogens (tertiary/aromatic N) is 3. The van der Waals surface area contributed by atoms with E-state index in [9.17, 15) is 4.79 Å². The maximum Gasteiger partial charge on any atom is 0.250 e. The molecule has 1 heterocycles. The minimum absolute atomic E-state index is 0.0760. The zero-order chi connectivity index (χ0) is 20.9. The highest BCUT2D eigenvalue weighted by Crippen LogP contribution is 2.12. The van der Waals surface area contributed by atoms with Crippen molar-refractivity contribution < 1.29 is 0 Å². The van der Waals surface area contributed by atoms with Crippen LogP contribution in [0.1, 0.15) is 31.9 Å². The summed E-state index contributed by atoms with van der Waals surface area (Å²) in [5.41, 5.74) is 2.36. The van der Waals surface area contributed by atoms with Gasteiger partial charge >= 0.3 is 0 Å². The second-order valence-corrected chi connectivity index (χ2v) is 7.06. The Bertz CT molecular complexity index is 800. The highest BCUT2D eigenvalue weighted by molar-refractivity contribution is 5.79. The molecule has 0 fully saturated rings. The van der Waals surface area contributed by atoms with Gasteiger partial charge in [0.2, 0.25) is 0 Å². The van der Waals surface area contributed by atoms with Gasteiger partial charge in [-0.15, -0.1) is 0 Å². The first-order valence-electron chi connectivity index (χ1n) is 10.6. The van der Waals surface area contributed by atoms with Crippen molar-refractivity contribution >= 4 is 11.6 Å². The third-order valence-corrected chi connectivity index (χ3v) is 4.99. The Morgan fingerprint density at radius 1 is 1.00 bits per heavy atom. The van der Waals surface area contributed by atoms with Crippen LogP contribution in [0.3, 0.4) is 0 Å². The van der Waals surface area contributed by atoms with E-state index in [1.165, 1.54) is 5.69 Å². The van der Waals surface area contributed by atoms with Crippen LogP contribution >= 0.6 is 0 Å². The van der Waals surface area contributed by atoms with Crippen molar-refractivity contribution in [3.63, 3.8) is 0 Å². The first-order valence-corrected chi connectivity index (χ1v) is 10.6. The van der Waals surface area contributed by atoms with E-state index in [1.54, 1.807) is 13.1 Å². The van der Waals surface area contributed by atoms with E-state index < -0.39 is 0 Å². The molecule has 0 radical (unpaired) electrons. The van der Waals surface area contributed by atoms with Gasteiger partial charge in [-0.25, -0.2) is 0 Å². The van der Waals surface area contributed by atoms with Crippen molar-refractivity contribution in [3.05, 3.63) is 64.6 Å². The van der Waals surface area contributed by atoms with E-state index in [0.29, 0.717) is 0 Å². The molecule has 0 saturated carbocycles. The van der Waals surface area contributed by atoms with E-state index >= 15 is 0 Å². The molecule has 1 aromatic carbocycles. The topological polar surface area (TPSA) is 61.7 Å². The third-order valence-electron chi connectivity index (χ3n) is 4.99. The van der Waals surface area contributed by atoms with Gasteiger partial charge in [-0.3, -0.25) is 9.79 Å². The van der Waals surface area contributed by atoms with Gasteiger partial charge in [-0.05, 0) is 51.3 Å². The summed E-state index contributed by atoms with van der Waals surface area (Å²) in [6, 6.07) is 15.9. The molecule has 2 aromatic rings. The van der Waals surface area contributed by atoms with Gasteiger partial charge in [0.1, 0.15) is 0 Å². The number of nitrogens with one attached hydrogen (secondary N) is 2. The standard InChI is InChI=1S/C23H35N5O/c1-4-27(21-13-6-5-7-14-21)18-11-17-26-23(24-3)25-16-8-9-19-28-20(2)12-10-15-22(28)29/h5-7,10,12-15H,4,8-9,11,16-19H2,1-3H3,(H2,24,25,26). The molecule has 2 N–H and O–H groups in total. The zero-order valence-electron chi connectivity index (χ0n) is 18.0. The van der Waals surface area contributed by atoms with Crippen molar-refractivity contribution in [2.45, 2.75) is 39.7 Å². The molecular weight excluding hydrogens is 362 g/mol. The van der Waals surface area contributed by atoms with E-state index in [4.69, 9.17) is 0 Å². The van der Waals surface area contributed by atoms with Gasteiger partial charge in [-0.2, -0.15) is 0 Å². The number of hydrogen-bond donors (Lipinski definition) is 2. The fourth-order valence-corrected chi connectivity index (χ4v) is 3.32. The minimum atomic E-state index is 0.0760. The molecule has 6 nitrogen and oxygen atoms in total.